The number of carbonyl (C=O) groups is 3. The van der Waals surface area contributed by atoms with E-state index in [0.717, 1.165) is 55.8 Å². The minimum atomic E-state index is -0.0357. The van der Waals surface area contributed by atoms with Crippen molar-refractivity contribution in [3.63, 3.8) is 0 Å². The van der Waals surface area contributed by atoms with Gasteiger partial charge in [-0.3, -0.25) is 14.4 Å². The topological polar surface area (TPSA) is 78.9 Å². The molecule has 0 aliphatic heterocycles. The number of esters is 3. The Bertz CT molecular complexity index is 900. The van der Waals surface area contributed by atoms with Crippen molar-refractivity contribution < 1.29 is 28.6 Å². The largest absolute Gasteiger partial charge is 0.466 e. The molecule has 0 bridgehead atoms. The molecule has 0 aliphatic rings. The second-order valence-corrected chi connectivity index (χ2v) is 22.3. The first kappa shape index (κ1) is 79.8. The molecule has 0 spiro atoms. The van der Waals surface area contributed by atoms with E-state index in [1.807, 2.05) is 0 Å². The summed E-state index contributed by atoms with van der Waals surface area (Å²) in [4.78, 5) is 34.2. The van der Waals surface area contributed by atoms with Crippen molar-refractivity contribution >= 4 is 80.2 Å². The SMILES string of the molecule is CCCCCCCCCCCCCCCCCC(=O)OCCCS.CCCCCCCCCCCCCCCCCC(=O)OCCCS.CCCCCCCCCCCCCCCCCC(=O)OCCCS.[Sb]. The number of rotatable bonds is 57. The molecule has 3 radical (unpaired) electrons. The number of thiol groups is 3. The molecule has 0 unspecified atom stereocenters. The van der Waals surface area contributed by atoms with Crippen LogP contribution >= 0.6 is 37.9 Å². The molecule has 10 heteroatoms. The molecule has 0 aromatic rings. The van der Waals surface area contributed by atoms with Gasteiger partial charge >= 0.3 is 17.9 Å². The average molecular weight is 1200 g/mol. The Morgan fingerprint density at radius 2 is 0.370 bits per heavy atom. The molecule has 0 aromatic carbocycles. The quantitative estimate of drug-likeness (QED) is 0.0185. The first-order chi connectivity index (χ1) is 35.4. The molecular weight excluding hydrogens is 1070 g/mol. The molecule has 0 amide bonds. The molecule has 0 N–H and O–H groups in total. The standard InChI is InChI=1S/3C21H42O2S.Sb/c3*1-2-3-4-5-6-7-8-9-10-11-12-13-14-15-16-18-21(22)23-19-17-20-24;/h3*24H,2-20H2,1H3;. The number of unbranched alkanes of at least 4 members (excludes halogenated alkanes) is 42. The Kier molecular flexibility index (Phi) is 83.6. The van der Waals surface area contributed by atoms with Crippen LogP contribution in [0.25, 0.3) is 0 Å². The van der Waals surface area contributed by atoms with Crippen LogP contribution in [0.15, 0.2) is 0 Å². The van der Waals surface area contributed by atoms with E-state index >= 15 is 0 Å². The minimum absolute atomic E-state index is 0. The Hall–Kier alpha value is 0.278. The van der Waals surface area contributed by atoms with E-state index in [1.165, 1.54) is 270 Å². The maximum absolute atomic E-state index is 11.4. The molecule has 73 heavy (non-hydrogen) atoms. The molecule has 0 aliphatic carbocycles. The summed E-state index contributed by atoms with van der Waals surface area (Å²) in [6.45, 7) is 8.42. The Labute approximate surface area is 490 Å². The van der Waals surface area contributed by atoms with E-state index in [0.29, 0.717) is 39.1 Å². The first-order valence-corrected chi connectivity index (χ1v) is 33.6. The molecule has 0 atom stereocenters. The molecule has 0 saturated carbocycles. The minimum Gasteiger partial charge on any atom is -0.466 e. The number of hydrogen-bond donors (Lipinski definition) is 3. The van der Waals surface area contributed by atoms with E-state index in [9.17, 15) is 14.4 Å². The van der Waals surface area contributed by atoms with E-state index in [2.05, 4.69) is 58.7 Å². The van der Waals surface area contributed by atoms with Crippen molar-refractivity contribution in [3.8, 4) is 0 Å². The van der Waals surface area contributed by atoms with Crippen LogP contribution in [0.1, 0.15) is 348 Å². The van der Waals surface area contributed by atoms with Crippen LogP contribution in [0.3, 0.4) is 0 Å². The monoisotopic (exact) mass is 1200 g/mol. The smallest absolute Gasteiger partial charge is 0.305 e. The molecule has 0 saturated heterocycles. The Morgan fingerprint density at radius 1 is 0.233 bits per heavy atom. The average Bonchev–Trinajstić information content (AvgIpc) is 3.38. The van der Waals surface area contributed by atoms with Gasteiger partial charge in [-0.25, -0.2) is 0 Å². The molecule has 0 fully saturated rings. The number of carbonyl (C=O) groups excluding carboxylic acids is 3. The van der Waals surface area contributed by atoms with Gasteiger partial charge < -0.3 is 14.2 Å². The second-order valence-electron chi connectivity index (χ2n) is 21.0. The van der Waals surface area contributed by atoms with Crippen LogP contribution < -0.4 is 0 Å². The van der Waals surface area contributed by atoms with Gasteiger partial charge in [0.25, 0.3) is 0 Å². The summed E-state index contributed by atoms with van der Waals surface area (Å²) in [7, 11) is 0. The third-order valence-electron chi connectivity index (χ3n) is 13.6. The van der Waals surface area contributed by atoms with E-state index in [1.54, 1.807) is 0 Å². The van der Waals surface area contributed by atoms with Gasteiger partial charge in [-0.15, -0.1) is 0 Å². The van der Waals surface area contributed by atoms with Crippen LogP contribution in [-0.2, 0) is 28.6 Å². The van der Waals surface area contributed by atoms with Crippen LogP contribution in [0.4, 0.5) is 0 Å². The Balaban J connectivity index is -0.000000486. The van der Waals surface area contributed by atoms with Crippen molar-refractivity contribution in [1.29, 1.82) is 0 Å². The van der Waals surface area contributed by atoms with Crippen LogP contribution in [0.2, 0.25) is 0 Å². The fourth-order valence-corrected chi connectivity index (χ4v) is 9.28. The molecule has 0 heterocycles. The van der Waals surface area contributed by atoms with Crippen molar-refractivity contribution in [2.24, 2.45) is 0 Å². The van der Waals surface area contributed by atoms with Gasteiger partial charge in [0.1, 0.15) is 0 Å². The van der Waals surface area contributed by atoms with Gasteiger partial charge in [-0.1, -0.05) is 290 Å². The molecule has 6 nitrogen and oxygen atoms in total. The Morgan fingerprint density at radius 3 is 0.507 bits per heavy atom. The van der Waals surface area contributed by atoms with Gasteiger partial charge in [0, 0.05) is 43.7 Å². The van der Waals surface area contributed by atoms with Crippen LogP contribution in [0.5, 0.6) is 0 Å². The van der Waals surface area contributed by atoms with Gasteiger partial charge in [0.2, 0.25) is 0 Å². The van der Waals surface area contributed by atoms with Crippen molar-refractivity contribution in [3.05, 3.63) is 0 Å². The summed E-state index contributed by atoms with van der Waals surface area (Å²) in [5.41, 5.74) is 0. The zero-order chi connectivity index (χ0) is 53.2. The molecule has 437 valence electrons. The summed E-state index contributed by atoms with van der Waals surface area (Å²) in [5, 5.41) is 0. The number of ether oxygens (including phenoxy) is 3. The maximum atomic E-state index is 11.4. The van der Waals surface area contributed by atoms with E-state index < -0.39 is 0 Å². The van der Waals surface area contributed by atoms with Gasteiger partial charge in [-0.2, -0.15) is 37.9 Å². The van der Waals surface area contributed by atoms with Crippen LogP contribution in [-0.4, -0.2) is 79.4 Å². The number of hydrogen-bond acceptors (Lipinski definition) is 9. The predicted molar refractivity (Wildman–Crippen MR) is 333 cm³/mol. The second kappa shape index (κ2) is 76.5. The summed E-state index contributed by atoms with van der Waals surface area (Å²) in [6, 6.07) is 0. The molecule has 0 aromatic heterocycles. The summed E-state index contributed by atoms with van der Waals surface area (Å²) in [5.74, 6) is 2.24. The normalized spacial score (nSPS) is 10.8. The summed E-state index contributed by atoms with van der Waals surface area (Å²) in [6.07, 6.45) is 65.2. The molecular formula is C63H126O6S3Sb. The van der Waals surface area contributed by atoms with Crippen molar-refractivity contribution in [2.75, 3.05) is 37.1 Å². The van der Waals surface area contributed by atoms with E-state index in [4.69, 9.17) is 14.2 Å². The summed E-state index contributed by atoms with van der Waals surface area (Å²) >= 11 is 12.3. The maximum Gasteiger partial charge on any atom is 0.305 e. The van der Waals surface area contributed by atoms with Crippen molar-refractivity contribution in [2.45, 2.75) is 348 Å². The van der Waals surface area contributed by atoms with Gasteiger partial charge in [-0.05, 0) is 55.8 Å². The predicted octanol–water partition coefficient (Wildman–Crippen LogP) is 21.0. The third kappa shape index (κ3) is 81.3. The third-order valence-corrected chi connectivity index (χ3v) is 14.6. The fraction of sp³-hybridized carbons (Fsp3) is 0.952. The zero-order valence-electron chi connectivity index (χ0n) is 49.0. The zero-order valence-corrected chi connectivity index (χ0v) is 54.3. The molecule has 0 rings (SSSR count). The van der Waals surface area contributed by atoms with Crippen molar-refractivity contribution in [1.82, 2.24) is 0 Å². The van der Waals surface area contributed by atoms with Gasteiger partial charge in [0.05, 0.1) is 19.8 Å². The first-order valence-electron chi connectivity index (χ1n) is 31.7. The van der Waals surface area contributed by atoms with Crippen LogP contribution in [0, 0.1) is 0 Å². The summed E-state index contributed by atoms with van der Waals surface area (Å²) < 4.78 is 15.3. The fourth-order valence-electron chi connectivity index (χ4n) is 8.89. The van der Waals surface area contributed by atoms with Gasteiger partial charge in [0.15, 0.2) is 0 Å². The van der Waals surface area contributed by atoms with E-state index in [-0.39, 0.29) is 42.3 Å².